The van der Waals surface area contributed by atoms with E-state index < -0.39 is 6.09 Å². The van der Waals surface area contributed by atoms with Crippen LogP contribution in [0.4, 0.5) is 4.79 Å². The largest absolute Gasteiger partial charge is 0.448 e. The standard InChI is InChI=1S/C8H17N3O3/c1-6(4-14-8(13)9-3)10-5-11-7(2)12/h6,10H,4-5H2,1-3H3,(H,9,13)(H,11,12). The lowest BCUT2D eigenvalue weighted by molar-refractivity contribution is -0.119. The summed E-state index contributed by atoms with van der Waals surface area (Å²) in [5.41, 5.74) is 0. The molecule has 0 spiro atoms. The molecule has 0 aliphatic heterocycles. The third-order valence-electron chi connectivity index (χ3n) is 1.46. The normalized spacial score (nSPS) is 11.6. The highest BCUT2D eigenvalue weighted by atomic mass is 16.5. The average molecular weight is 203 g/mol. The predicted octanol–water partition coefficient (Wildman–Crippen LogP) is -0.586. The summed E-state index contributed by atoms with van der Waals surface area (Å²) in [6, 6.07) is -0.000787. The molecule has 0 aliphatic rings. The Kier molecular flexibility index (Phi) is 6.47. The van der Waals surface area contributed by atoms with Gasteiger partial charge in [-0.2, -0.15) is 0 Å². The van der Waals surface area contributed by atoms with Gasteiger partial charge in [-0.15, -0.1) is 0 Å². The molecule has 2 amide bonds. The zero-order valence-corrected chi connectivity index (χ0v) is 8.72. The number of amides is 2. The quantitative estimate of drug-likeness (QED) is 0.522. The van der Waals surface area contributed by atoms with Gasteiger partial charge in [-0.05, 0) is 6.92 Å². The van der Waals surface area contributed by atoms with Gasteiger partial charge in [0.15, 0.2) is 0 Å². The van der Waals surface area contributed by atoms with Crippen LogP contribution in [0.1, 0.15) is 13.8 Å². The van der Waals surface area contributed by atoms with Gasteiger partial charge in [-0.1, -0.05) is 0 Å². The van der Waals surface area contributed by atoms with Crippen LogP contribution in [0.5, 0.6) is 0 Å². The number of ether oxygens (including phenoxy) is 1. The Morgan fingerprint density at radius 3 is 2.57 bits per heavy atom. The van der Waals surface area contributed by atoms with Gasteiger partial charge < -0.3 is 15.4 Å². The van der Waals surface area contributed by atoms with Crippen molar-refractivity contribution in [3.8, 4) is 0 Å². The number of alkyl carbamates (subject to hydrolysis) is 1. The SMILES string of the molecule is CNC(=O)OCC(C)NCNC(C)=O. The Morgan fingerprint density at radius 2 is 2.07 bits per heavy atom. The molecule has 0 bridgehead atoms. The Hall–Kier alpha value is -1.30. The van der Waals surface area contributed by atoms with Crippen LogP contribution in [0.2, 0.25) is 0 Å². The van der Waals surface area contributed by atoms with Crippen LogP contribution in [0.15, 0.2) is 0 Å². The summed E-state index contributed by atoms with van der Waals surface area (Å²) in [6.07, 6.45) is -0.460. The first-order valence-corrected chi connectivity index (χ1v) is 4.38. The van der Waals surface area contributed by atoms with Gasteiger partial charge in [0.25, 0.3) is 0 Å². The molecule has 0 radical (unpaired) electrons. The zero-order valence-electron chi connectivity index (χ0n) is 8.72. The van der Waals surface area contributed by atoms with Crippen molar-refractivity contribution in [1.82, 2.24) is 16.0 Å². The molecule has 1 unspecified atom stereocenters. The fourth-order valence-electron chi connectivity index (χ4n) is 0.682. The minimum absolute atomic E-state index is 0.000787. The maximum atomic E-state index is 10.7. The van der Waals surface area contributed by atoms with Crippen LogP contribution < -0.4 is 16.0 Å². The fourth-order valence-corrected chi connectivity index (χ4v) is 0.682. The summed E-state index contributed by atoms with van der Waals surface area (Å²) in [5, 5.41) is 7.86. The van der Waals surface area contributed by atoms with E-state index >= 15 is 0 Å². The summed E-state index contributed by atoms with van der Waals surface area (Å²) in [5.74, 6) is -0.100. The van der Waals surface area contributed by atoms with Gasteiger partial charge >= 0.3 is 6.09 Å². The molecule has 0 aromatic rings. The predicted molar refractivity (Wildman–Crippen MR) is 51.7 cm³/mol. The summed E-state index contributed by atoms with van der Waals surface area (Å²) >= 11 is 0. The molecule has 0 aliphatic carbocycles. The van der Waals surface area contributed by atoms with Gasteiger partial charge in [0.1, 0.15) is 6.61 Å². The topological polar surface area (TPSA) is 79.5 Å². The minimum Gasteiger partial charge on any atom is -0.448 e. The Morgan fingerprint density at radius 1 is 1.43 bits per heavy atom. The highest BCUT2D eigenvalue weighted by molar-refractivity contribution is 5.72. The van der Waals surface area contributed by atoms with Crippen LogP contribution in [-0.2, 0) is 9.53 Å². The third kappa shape index (κ3) is 7.35. The lowest BCUT2D eigenvalue weighted by Crippen LogP contribution is -2.40. The van der Waals surface area contributed by atoms with Crippen LogP contribution in [-0.4, -0.2) is 38.4 Å². The molecule has 0 heterocycles. The molecule has 82 valence electrons. The molecular weight excluding hydrogens is 186 g/mol. The lowest BCUT2D eigenvalue weighted by Gasteiger charge is -2.13. The molecule has 0 rings (SSSR count). The molecule has 0 fully saturated rings. The first-order valence-electron chi connectivity index (χ1n) is 4.38. The van der Waals surface area contributed by atoms with E-state index in [9.17, 15) is 9.59 Å². The van der Waals surface area contributed by atoms with Crippen LogP contribution in [0.3, 0.4) is 0 Å². The van der Waals surface area contributed by atoms with E-state index in [-0.39, 0.29) is 18.6 Å². The molecule has 0 saturated heterocycles. The second-order valence-corrected chi connectivity index (χ2v) is 2.86. The summed E-state index contributed by atoms with van der Waals surface area (Å²) in [6.45, 7) is 3.92. The summed E-state index contributed by atoms with van der Waals surface area (Å²) in [7, 11) is 1.50. The average Bonchev–Trinajstić information content (AvgIpc) is 2.13. The van der Waals surface area contributed by atoms with Crippen molar-refractivity contribution < 1.29 is 14.3 Å². The van der Waals surface area contributed by atoms with Crippen LogP contribution in [0, 0.1) is 0 Å². The fraction of sp³-hybridized carbons (Fsp3) is 0.750. The molecule has 0 aromatic carbocycles. The van der Waals surface area contributed by atoms with E-state index in [0.717, 1.165) is 0 Å². The Bertz CT molecular complexity index is 196. The first kappa shape index (κ1) is 12.7. The zero-order chi connectivity index (χ0) is 11.0. The van der Waals surface area contributed by atoms with Crippen molar-refractivity contribution in [1.29, 1.82) is 0 Å². The van der Waals surface area contributed by atoms with Crippen molar-refractivity contribution >= 4 is 12.0 Å². The maximum Gasteiger partial charge on any atom is 0.406 e. The molecular formula is C8H17N3O3. The monoisotopic (exact) mass is 203 g/mol. The third-order valence-corrected chi connectivity index (χ3v) is 1.46. The number of nitrogens with one attached hydrogen (secondary N) is 3. The van der Waals surface area contributed by atoms with Crippen molar-refractivity contribution in [2.75, 3.05) is 20.3 Å². The van der Waals surface area contributed by atoms with E-state index in [1.165, 1.54) is 14.0 Å². The second-order valence-electron chi connectivity index (χ2n) is 2.86. The molecule has 6 nitrogen and oxygen atoms in total. The summed E-state index contributed by atoms with van der Waals surface area (Å²) < 4.78 is 4.79. The van der Waals surface area contributed by atoms with Crippen molar-refractivity contribution in [2.45, 2.75) is 19.9 Å². The molecule has 0 aromatic heterocycles. The van der Waals surface area contributed by atoms with Crippen LogP contribution in [0.25, 0.3) is 0 Å². The molecule has 6 heteroatoms. The highest BCUT2D eigenvalue weighted by Gasteiger charge is 2.04. The number of hydrogen-bond acceptors (Lipinski definition) is 4. The Balaban J connectivity index is 3.41. The lowest BCUT2D eigenvalue weighted by atomic mass is 10.4. The van der Waals surface area contributed by atoms with E-state index in [1.54, 1.807) is 0 Å². The summed E-state index contributed by atoms with van der Waals surface area (Å²) in [4.78, 5) is 21.2. The first-order chi connectivity index (χ1) is 6.56. The van der Waals surface area contributed by atoms with E-state index in [1.807, 2.05) is 6.92 Å². The highest BCUT2D eigenvalue weighted by Crippen LogP contribution is 1.83. The van der Waals surface area contributed by atoms with E-state index in [4.69, 9.17) is 4.74 Å². The van der Waals surface area contributed by atoms with E-state index in [2.05, 4.69) is 16.0 Å². The number of carbonyl (C=O) groups is 2. The van der Waals surface area contributed by atoms with Gasteiger partial charge in [0.05, 0.1) is 6.67 Å². The van der Waals surface area contributed by atoms with Gasteiger partial charge in [-0.3, -0.25) is 10.1 Å². The smallest absolute Gasteiger partial charge is 0.406 e. The number of hydrogen-bond donors (Lipinski definition) is 3. The van der Waals surface area contributed by atoms with Crippen molar-refractivity contribution in [2.24, 2.45) is 0 Å². The molecule has 1 atom stereocenters. The van der Waals surface area contributed by atoms with Gasteiger partial charge in [0, 0.05) is 20.0 Å². The van der Waals surface area contributed by atoms with Crippen LogP contribution >= 0.6 is 0 Å². The minimum atomic E-state index is -0.460. The molecule has 3 N–H and O–H groups in total. The Labute approximate surface area is 83.4 Å². The number of carbonyl (C=O) groups excluding carboxylic acids is 2. The number of rotatable bonds is 5. The maximum absolute atomic E-state index is 10.7. The molecule has 14 heavy (non-hydrogen) atoms. The van der Waals surface area contributed by atoms with E-state index in [0.29, 0.717) is 6.67 Å². The van der Waals surface area contributed by atoms with Crippen molar-refractivity contribution in [3.05, 3.63) is 0 Å². The molecule has 0 saturated carbocycles. The van der Waals surface area contributed by atoms with Gasteiger partial charge in [-0.25, -0.2) is 4.79 Å². The second kappa shape index (κ2) is 7.14. The van der Waals surface area contributed by atoms with Gasteiger partial charge in [0.2, 0.25) is 5.91 Å². The van der Waals surface area contributed by atoms with Crippen molar-refractivity contribution in [3.63, 3.8) is 0 Å².